The maximum absolute atomic E-state index is 11.6. The van der Waals surface area contributed by atoms with Crippen LogP contribution < -0.4 is 5.32 Å². The number of nitrogens with one attached hydrogen (secondary N) is 1. The van der Waals surface area contributed by atoms with Gasteiger partial charge in [-0.25, -0.2) is 9.59 Å². The van der Waals surface area contributed by atoms with Gasteiger partial charge in [-0.15, -0.1) is 0 Å². The molecule has 2 aromatic carbocycles. The quantitative estimate of drug-likeness (QED) is 0.405. The number of nitrogens with zero attached hydrogens (tertiary/aromatic N) is 1. The summed E-state index contributed by atoms with van der Waals surface area (Å²) < 4.78 is 4.67. The molecule has 2 aromatic rings. The second-order valence-corrected chi connectivity index (χ2v) is 4.94. The van der Waals surface area contributed by atoms with Crippen LogP contribution in [0.1, 0.15) is 28.4 Å². The molecule has 0 fully saturated rings. The van der Waals surface area contributed by atoms with Crippen molar-refractivity contribution in [2.75, 3.05) is 12.4 Å². The molecular formula is C19H14N2O4. The number of aliphatic imine (C=N–C) groups is 1. The summed E-state index contributed by atoms with van der Waals surface area (Å²) in [5.41, 5.74) is 2.37. The van der Waals surface area contributed by atoms with E-state index in [0.29, 0.717) is 28.1 Å². The van der Waals surface area contributed by atoms with Gasteiger partial charge in [-0.1, -0.05) is 11.8 Å². The van der Waals surface area contributed by atoms with Crippen molar-refractivity contribution in [3.63, 3.8) is 0 Å². The molecule has 0 aromatic heterocycles. The standard InChI is InChI=1S/C19H14N2O4/c1-13(23)21-17-8-4-14(5-9-17)3-6-15-11-16(19(24)25-2)7-10-18(15)20-12-22/h4-5,7-11H,1-2H3,(H,21,23). The zero-order valence-electron chi connectivity index (χ0n) is 13.6. The van der Waals surface area contributed by atoms with E-state index < -0.39 is 5.97 Å². The van der Waals surface area contributed by atoms with Gasteiger partial charge in [0, 0.05) is 18.2 Å². The second kappa shape index (κ2) is 8.25. The highest BCUT2D eigenvalue weighted by molar-refractivity contribution is 5.90. The number of amides is 1. The third-order valence-corrected chi connectivity index (χ3v) is 3.13. The molecule has 1 amide bonds. The zero-order chi connectivity index (χ0) is 18.2. The Morgan fingerprint density at radius 1 is 1.08 bits per heavy atom. The minimum atomic E-state index is -0.510. The van der Waals surface area contributed by atoms with Gasteiger partial charge < -0.3 is 10.1 Å². The van der Waals surface area contributed by atoms with Crippen LogP contribution in [0.25, 0.3) is 0 Å². The van der Waals surface area contributed by atoms with E-state index in [4.69, 9.17) is 0 Å². The van der Waals surface area contributed by atoms with Gasteiger partial charge in [0.1, 0.15) is 0 Å². The zero-order valence-corrected chi connectivity index (χ0v) is 13.6. The van der Waals surface area contributed by atoms with Crippen LogP contribution in [0.15, 0.2) is 47.5 Å². The Kier molecular flexibility index (Phi) is 5.83. The van der Waals surface area contributed by atoms with Crippen molar-refractivity contribution in [1.29, 1.82) is 0 Å². The van der Waals surface area contributed by atoms with Crippen LogP contribution >= 0.6 is 0 Å². The molecule has 0 heterocycles. The van der Waals surface area contributed by atoms with Crippen LogP contribution in [0.5, 0.6) is 0 Å². The highest BCUT2D eigenvalue weighted by Gasteiger charge is 2.08. The van der Waals surface area contributed by atoms with E-state index in [1.807, 2.05) is 0 Å². The Morgan fingerprint density at radius 2 is 1.80 bits per heavy atom. The van der Waals surface area contributed by atoms with Crippen molar-refractivity contribution in [3.05, 3.63) is 59.2 Å². The van der Waals surface area contributed by atoms with Gasteiger partial charge in [-0.3, -0.25) is 4.79 Å². The van der Waals surface area contributed by atoms with Gasteiger partial charge in [0.25, 0.3) is 0 Å². The van der Waals surface area contributed by atoms with Crippen LogP contribution in [0.3, 0.4) is 0 Å². The van der Waals surface area contributed by atoms with Crippen LogP contribution in [0, 0.1) is 11.8 Å². The minimum absolute atomic E-state index is 0.158. The SMILES string of the molecule is COC(=O)c1ccc(N=C=O)c(C#Cc2ccc(NC(C)=O)cc2)c1. The normalized spacial score (nSPS) is 9.20. The van der Waals surface area contributed by atoms with Gasteiger partial charge in [0.05, 0.1) is 23.9 Å². The summed E-state index contributed by atoms with van der Waals surface area (Å²) in [7, 11) is 1.28. The van der Waals surface area contributed by atoms with E-state index in [1.54, 1.807) is 24.3 Å². The summed E-state index contributed by atoms with van der Waals surface area (Å²) in [6.07, 6.45) is 1.46. The van der Waals surface area contributed by atoms with Gasteiger partial charge in [0.2, 0.25) is 12.0 Å². The molecule has 0 aliphatic rings. The van der Waals surface area contributed by atoms with Crippen LogP contribution in [-0.2, 0) is 14.3 Å². The molecule has 25 heavy (non-hydrogen) atoms. The molecular weight excluding hydrogens is 320 g/mol. The van der Waals surface area contributed by atoms with Crippen molar-refractivity contribution in [2.45, 2.75) is 6.92 Å². The number of hydrogen-bond acceptors (Lipinski definition) is 5. The first-order chi connectivity index (χ1) is 12.0. The first kappa shape index (κ1) is 17.7. The summed E-state index contributed by atoms with van der Waals surface area (Å²) in [5, 5.41) is 2.66. The lowest BCUT2D eigenvalue weighted by atomic mass is 10.1. The molecule has 0 unspecified atom stereocenters. The van der Waals surface area contributed by atoms with Gasteiger partial charge in [-0.05, 0) is 42.5 Å². The Bertz CT molecular complexity index is 915. The number of hydrogen-bond donors (Lipinski definition) is 1. The largest absolute Gasteiger partial charge is 0.465 e. The number of anilines is 1. The molecule has 2 rings (SSSR count). The van der Waals surface area contributed by atoms with Crippen molar-refractivity contribution in [3.8, 4) is 11.8 Å². The summed E-state index contributed by atoms with van der Waals surface area (Å²) in [4.78, 5) is 36.7. The predicted molar refractivity (Wildman–Crippen MR) is 92.3 cm³/mol. The van der Waals surface area contributed by atoms with Crippen LogP contribution in [0.2, 0.25) is 0 Å². The Morgan fingerprint density at radius 3 is 2.40 bits per heavy atom. The lowest BCUT2D eigenvalue weighted by Crippen LogP contribution is -2.05. The lowest BCUT2D eigenvalue weighted by Gasteiger charge is -2.02. The topological polar surface area (TPSA) is 84.8 Å². The first-order valence-corrected chi connectivity index (χ1v) is 7.23. The molecule has 6 heteroatoms. The second-order valence-electron chi connectivity index (χ2n) is 4.94. The molecule has 0 spiro atoms. The van der Waals surface area contributed by atoms with E-state index in [2.05, 4.69) is 26.9 Å². The highest BCUT2D eigenvalue weighted by Crippen LogP contribution is 2.20. The Balaban J connectivity index is 2.35. The van der Waals surface area contributed by atoms with E-state index >= 15 is 0 Å². The molecule has 0 atom stereocenters. The number of isocyanates is 1. The molecule has 0 radical (unpaired) electrons. The maximum atomic E-state index is 11.6. The molecule has 0 saturated carbocycles. The van der Waals surface area contributed by atoms with Crippen molar-refractivity contribution >= 4 is 29.3 Å². The number of esters is 1. The summed E-state index contributed by atoms with van der Waals surface area (Å²) in [5.74, 6) is 5.13. The summed E-state index contributed by atoms with van der Waals surface area (Å²) in [6.45, 7) is 1.43. The third kappa shape index (κ3) is 4.90. The van der Waals surface area contributed by atoms with E-state index in [0.717, 1.165) is 0 Å². The number of carbonyl (C=O) groups excluding carboxylic acids is 3. The fourth-order valence-electron chi connectivity index (χ4n) is 2.01. The van der Waals surface area contributed by atoms with Crippen molar-refractivity contribution < 1.29 is 19.1 Å². The maximum Gasteiger partial charge on any atom is 0.337 e. The average molecular weight is 334 g/mol. The lowest BCUT2D eigenvalue weighted by molar-refractivity contribution is -0.114. The van der Waals surface area contributed by atoms with E-state index in [1.165, 1.54) is 38.3 Å². The minimum Gasteiger partial charge on any atom is -0.465 e. The summed E-state index contributed by atoms with van der Waals surface area (Å²) >= 11 is 0. The molecule has 1 N–H and O–H groups in total. The fourth-order valence-corrected chi connectivity index (χ4v) is 2.01. The monoisotopic (exact) mass is 334 g/mol. The highest BCUT2D eigenvalue weighted by atomic mass is 16.5. The van der Waals surface area contributed by atoms with Crippen LogP contribution in [-0.4, -0.2) is 25.1 Å². The number of carbonyl (C=O) groups is 2. The average Bonchev–Trinajstić information content (AvgIpc) is 2.61. The predicted octanol–water partition coefficient (Wildman–Crippen LogP) is 2.80. The fraction of sp³-hybridized carbons (Fsp3) is 0.105. The molecule has 124 valence electrons. The number of methoxy groups -OCH3 is 1. The van der Waals surface area contributed by atoms with Gasteiger partial charge in [-0.2, -0.15) is 4.99 Å². The smallest absolute Gasteiger partial charge is 0.337 e. The van der Waals surface area contributed by atoms with E-state index in [-0.39, 0.29) is 5.91 Å². The third-order valence-electron chi connectivity index (χ3n) is 3.13. The van der Waals surface area contributed by atoms with Crippen molar-refractivity contribution in [1.82, 2.24) is 0 Å². The van der Waals surface area contributed by atoms with Gasteiger partial charge in [0.15, 0.2) is 0 Å². The molecule has 0 aliphatic heterocycles. The molecule has 6 nitrogen and oxygen atoms in total. The Hall–Kier alpha value is -3.68. The van der Waals surface area contributed by atoms with Crippen molar-refractivity contribution in [2.24, 2.45) is 4.99 Å². The first-order valence-electron chi connectivity index (χ1n) is 7.23. The summed E-state index contributed by atoms with van der Waals surface area (Å²) in [6, 6.07) is 11.4. The number of rotatable bonds is 3. The van der Waals surface area contributed by atoms with Gasteiger partial charge >= 0.3 is 5.97 Å². The van der Waals surface area contributed by atoms with E-state index in [9.17, 15) is 14.4 Å². The Labute approximate surface area is 144 Å². The molecule has 0 saturated heterocycles. The number of ether oxygens (including phenoxy) is 1. The van der Waals surface area contributed by atoms with Crippen LogP contribution in [0.4, 0.5) is 11.4 Å². The number of benzene rings is 2. The molecule has 0 aliphatic carbocycles. The molecule has 0 bridgehead atoms.